The minimum atomic E-state index is -0.0873. The number of pyridine rings is 1. The lowest BCUT2D eigenvalue weighted by atomic mass is 9.97. The fraction of sp³-hybridized carbons (Fsp3) is 0.185. The first-order valence-electron chi connectivity index (χ1n) is 10.5. The Morgan fingerprint density at radius 2 is 1.84 bits per heavy atom. The number of amides is 1. The quantitative estimate of drug-likeness (QED) is 0.282. The zero-order chi connectivity index (χ0) is 21.7. The molecule has 0 radical (unpaired) electrons. The molecule has 0 aliphatic carbocycles. The minimum Gasteiger partial charge on any atom is -0.497 e. The van der Waals surface area contributed by atoms with Crippen molar-refractivity contribution < 1.29 is 9.53 Å². The van der Waals surface area contributed by atoms with Crippen LogP contribution in [0.25, 0.3) is 5.57 Å². The van der Waals surface area contributed by atoms with E-state index in [0.29, 0.717) is 6.54 Å². The second-order valence-corrected chi connectivity index (χ2v) is 7.15. The van der Waals surface area contributed by atoms with Gasteiger partial charge in [0.1, 0.15) is 5.75 Å². The van der Waals surface area contributed by atoms with Gasteiger partial charge >= 0.3 is 0 Å². The van der Waals surface area contributed by atoms with Crippen molar-refractivity contribution >= 4 is 11.5 Å². The lowest BCUT2D eigenvalue weighted by Crippen LogP contribution is -2.22. The van der Waals surface area contributed by atoms with Gasteiger partial charge in [0.25, 0.3) is 0 Å². The molecule has 1 N–H and O–H groups in total. The average molecular weight is 413 g/mol. The maximum absolute atomic E-state index is 12.2. The lowest BCUT2D eigenvalue weighted by molar-refractivity contribution is -0.116. The highest BCUT2D eigenvalue weighted by atomic mass is 16.5. The van der Waals surface area contributed by atoms with E-state index in [1.54, 1.807) is 25.5 Å². The van der Waals surface area contributed by atoms with Crippen molar-refractivity contribution in [2.24, 2.45) is 0 Å². The predicted octanol–water partition coefficient (Wildman–Crippen LogP) is 5.22. The van der Waals surface area contributed by atoms with Crippen molar-refractivity contribution in [2.45, 2.75) is 19.3 Å². The van der Waals surface area contributed by atoms with Crippen LogP contribution < -0.4 is 10.1 Å². The van der Waals surface area contributed by atoms with E-state index in [0.717, 1.165) is 41.7 Å². The van der Waals surface area contributed by atoms with Gasteiger partial charge in [-0.05, 0) is 59.7 Å². The summed E-state index contributed by atoms with van der Waals surface area (Å²) < 4.78 is 5.36. The van der Waals surface area contributed by atoms with Crippen LogP contribution in [0.4, 0.5) is 0 Å². The van der Waals surface area contributed by atoms with Crippen LogP contribution in [0.2, 0.25) is 0 Å². The number of rotatable bonds is 10. The Morgan fingerprint density at radius 1 is 1.00 bits per heavy atom. The Labute approximate surface area is 184 Å². The molecule has 4 nitrogen and oxygen atoms in total. The summed E-state index contributed by atoms with van der Waals surface area (Å²) in [4.78, 5) is 16.3. The highest BCUT2D eigenvalue weighted by Gasteiger charge is 2.05. The third-order valence-electron chi connectivity index (χ3n) is 4.89. The summed E-state index contributed by atoms with van der Waals surface area (Å²) >= 11 is 0. The summed E-state index contributed by atoms with van der Waals surface area (Å²) in [7, 11) is 1.66. The smallest absolute Gasteiger partial charge is 0.243 e. The van der Waals surface area contributed by atoms with Crippen molar-refractivity contribution in [2.75, 3.05) is 13.7 Å². The van der Waals surface area contributed by atoms with Crippen molar-refractivity contribution in [1.82, 2.24) is 10.3 Å². The van der Waals surface area contributed by atoms with Gasteiger partial charge in [-0.15, -0.1) is 0 Å². The van der Waals surface area contributed by atoms with E-state index in [9.17, 15) is 4.79 Å². The maximum Gasteiger partial charge on any atom is 0.243 e. The fourth-order valence-corrected chi connectivity index (χ4v) is 3.27. The number of ether oxygens (including phenoxy) is 1. The second kappa shape index (κ2) is 12.1. The van der Waals surface area contributed by atoms with Gasteiger partial charge in [-0.3, -0.25) is 9.78 Å². The second-order valence-electron chi connectivity index (χ2n) is 7.15. The largest absolute Gasteiger partial charge is 0.497 e. The maximum atomic E-state index is 12.2. The van der Waals surface area contributed by atoms with Crippen LogP contribution in [0, 0.1) is 0 Å². The number of hydrogen-bond donors (Lipinski definition) is 1. The standard InChI is InChI=1S/C27H28N2O2/c1-31-25-15-7-14-24(20-25)26(23-12-3-2-4-13-23)16-8-17-27(30)29-19-6-5-10-22-11-9-18-28-21-22/h2-4,7-9,11-18,20-21H,5-6,10,19H2,1H3,(H,29,30). The number of allylic oxidation sites excluding steroid dienone is 2. The molecule has 3 aromatic rings. The number of aromatic nitrogens is 1. The van der Waals surface area contributed by atoms with Crippen LogP contribution in [-0.2, 0) is 11.2 Å². The molecule has 3 rings (SSSR count). The molecule has 0 saturated heterocycles. The van der Waals surface area contributed by atoms with Crippen LogP contribution in [-0.4, -0.2) is 24.5 Å². The van der Waals surface area contributed by atoms with Crippen LogP contribution in [0.5, 0.6) is 5.75 Å². The Bertz CT molecular complexity index is 1010. The molecule has 0 aliphatic heterocycles. The van der Waals surface area contributed by atoms with Crippen molar-refractivity contribution in [3.63, 3.8) is 0 Å². The number of benzene rings is 2. The summed E-state index contributed by atoms with van der Waals surface area (Å²) in [6, 6.07) is 22.1. The van der Waals surface area contributed by atoms with Gasteiger partial charge in [-0.25, -0.2) is 0 Å². The van der Waals surface area contributed by atoms with Gasteiger partial charge in [0.05, 0.1) is 7.11 Å². The highest BCUT2D eigenvalue weighted by molar-refractivity contribution is 5.89. The van der Waals surface area contributed by atoms with Crippen LogP contribution >= 0.6 is 0 Å². The first-order valence-corrected chi connectivity index (χ1v) is 10.5. The van der Waals surface area contributed by atoms with Gasteiger partial charge in [0.15, 0.2) is 0 Å². The molecule has 2 aromatic carbocycles. The number of aryl methyl sites for hydroxylation is 1. The number of methoxy groups -OCH3 is 1. The molecule has 0 aliphatic rings. The number of hydrogen-bond acceptors (Lipinski definition) is 3. The molecule has 0 spiro atoms. The molecule has 31 heavy (non-hydrogen) atoms. The number of unbranched alkanes of at least 4 members (excludes halogenated alkanes) is 1. The molecule has 0 fully saturated rings. The summed E-state index contributed by atoms with van der Waals surface area (Å²) in [6.45, 7) is 0.661. The van der Waals surface area contributed by atoms with E-state index in [-0.39, 0.29) is 5.91 Å². The van der Waals surface area contributed by atoms with Crippen molar-refractivity contribution in [3.8, 4) is 5.75 Å². The number of carbonyl (C=O) groups is 1. The van der Waals surface area contributed by atoms with Crippen LogP contribution in [0.15, 0.2) is 97.4 Å². The summed E-state index contributed by atoms with van der Waals surface area (Å²) in [5.74, 6) is 0.711. The molecule has 0 saturated carbocycles. The summed E-state index contributed by atoms with van der Waals surface area (Å²) in [5.41, 5.74) is 4.37. The van der Waals surface area contributed by atoms with E-state index >= 15 is 0 Å². The Morgan fingerprint density at radius 3 is 2.61 bits per heavy atom. The lowest BCUT2D eigenvalue weighted by Gasteiger charge is -2.09. The zero-order valence-electron chi connectivity index (χ0n) is 17.8. The molecule has 4 heteroatoms. The van der Waals surface area contributed by atoms with E-state index in [1.165, 1.54) is 5.56 Å². The van der Waals surface area contributed by atoms with Gasteiger partial charge < -0.3 is 10.1 Å². The van der Waals surface area contributed by atoms with Crippen LogP contribution in [0.1, 0.15) is 29.5 Å². The molecule has 1 heterocycles. The molecule has 158 valence electrons. The highest BCUT2D eigenvalue weighted by Crippen LogP contribution is 2.26. The number of nitrogens with zero attached hydrogens (tertiary/aromatic N) is 1. The minimum absolute atomic E-state index is 0.0873. The third-order valence-corrected chi connectivity index (χ3v) is 4.89. The third kappa shape index (κ3) is 7.27. The first kappa shape index (κ1) is 22.0. The van der Waals surface area contributed by atoms with Gasteiger partial charge in [0.2, 0.25) is 5.91 Å². The molecular formula is C27H28N2O2. The normalized spacial score (nSPS) is 11.5. The van der Waals surface area contributed by atoms with Gasteiger partial charge in [-0.1, -0.05) is 60.7 Å². The zero-order valence-corrected chi connectivity index (χ0v) is 17.8. The van der Waals surface area contributed by atoms with Gasteiger partial charge in [0, 0.05) is 25.0 Å². The average Bonchev–Trinajstić information content (AvgIpc) is 2.83. The van der Waals surface area contributed by atoms with Crippen LogP contribution in [0.3, 0.4) is 0 Å². The fourth-order valence-electron chi connectivity index (χ4n) is 3.27. The Hall–Kier alpha value is -3.66. The monoisotopic (exact) mass is 412 g/mol. The SMILES string of the molecule is COc1cccc(C(=CC=CC(=O)NCCCCc2cccnc2)c2ccccc2)c1. The topological polar surface area (TPSA) is 51.2 Å². The molecule has 1 aromatic heterocycles. The molecule has 0 atom stereocenters. The summed E-state index contributed by atoms with van der Waals surface area (Å²) in [6.07, 6.45) is 11.9. The van der Waals surface area contributed by atoms with E-state index in [2.05, 4.69) is 28.5 Å². The van der Waals surface area contributed by atoms with Crippen molar-refractivity contribution in [3.05, 3.63) is 114 Å². The molecular weight excluding hydrogens is 384 g/mol. The first-order chi connectivity index (χ1) is 15.3. The van der Waals surface area contributed by atoms with E-state index < -0.39 is 0 Å². The molecule has 0 bridgehead atoms. The summed E-state index contributed by atoms with van der Waals surface area (Å²) in [5, 5.41) is 2.95. The number of nitrogens with one attached hydrogen (secondary N) is 1. The Balaban J connectivity index is 1.57. The van der Waals surface area contributed by atoms with E-state index in [1.807, 2.05) is 60.8 Å². The Kier molecular flexibility index (Phi) is 8.62. The molecule has 0 unspecified atom stereocenters. The predicted molar refractivity (Wildman–Crippen MR) is 126 cm³/mol. The van der Waals surface area contributed by atoms with E-state index in [4.69, 9.17) is 4.74 Å². The van der Waals surface area contributed by atoms with Gasteiger partial charge in [-0.2, -0.15) is 0 Å². The number of carbonyl (C=O) groups excluding carboxylic acids is 1. The van der Waals surface area contributed by atoms with Crippen molar-refractivity contribution in [1.29, 1.82) is 0 Å². The molecule has 1 amide bonds.